The Hall–Kier alpha value is -3.36. The van der Waals surface area contributed by atoms with Gasteiger partial charge in [-0.25, -0.2) is 13.2 Å². The van der Waals surface area contributed by atoms with Gasteiger partial charge in [-0.3, -0.25) is 14.4 Å². The number of benzene rings is 2. The minimum absolute atomic E-state index is 0.0415. The van der Waals surface area contributed by atoms with Gasteiger partial charge in [0.1, 0.15) is 17.1 Å². The number of carbonyl (C=O) groups is 3. The molecule has 33 heavy (non-hydrogen) atoms. The van der Waals surface area contributed by atoms with E-state index in [0.29, 0.717) is 37.1 Å². The highest BCUT2D eigenvalue weighted by Crippen LogP contribution is 2.50. The van der Waals surface area contributed by atoms with Crippen molar-refractivity contribution in [3.63, 3.8) is 0 Å². The van der Waals surface area contributed by atoms with Crippen LogP contribution in [0.5, 0.6) is 11.5 Å². The van der Waals surface area contributed by atoms with Gasteiger partial charge < -0.3 is 14.4 Å². The Morgan fingerprint density at radius 3 is 2.39 bits per heavy atom. The molecule has 3 heterocycles. The molecular formula is C24H20F3NO5. The molecule has 0 radical (unpaired) electrons. The van der Waals surface area contributed by atoms with E-state index in [2.05, 4.69) is 0 Å². The summed E-state index contributed by atoms with van der Waals surface area (Å²) >= 11 is 0. The van der Waals surface area contributed by atoms with Crippen LogP contribution in [-0.2, 0) is 9.59 Å². The molecule has 0 aliphatic carbocycles. The fourth-order valence-corrected chi connectivity index (χ4v) is 4.97. The van der Waals surface area contributed by atoms with Crippen LogP contribution >= 0.6 is 0 Å². The van der Waals surface area contributed by atoms with E-state index < -0.39 is 34.9 Å². The number of nitrogens with zero attached hydrogens (tertiary/aromatic N) is 1. The molecular weight excluding hydrogens is 439 g/mol. The van der Waals surface area contributed by atoms with Crippen LogP contribution < -0.4 is 9.47 Å². The van der Waals surface area contributed by atoms with Crippen LogP contribution in [0, 0.1) is 17.5 Å². The standard InChI is InChI=1S/C24H20F3NO5/c1-12(29)28-6-4-24(5-7-28)11-18(30)14-2-3-19-21(23(14)33-24)15(10-20(31)32-19)13-8-16(25)22(27)17(26)9-13/h2-3,8-9,15H,4-7,10-11H2,1H3/t15-/m0/s1. The minimum Gasteiger partial charge on any atom is -0.485 e. The monoisotopic (exact) mass is 459 g/mol. The quantitative estimate of drug-likeness (QED) is 0.368. The summed E-state index contributed by atoms with van der Waals surface area (Å²) in [6.45, 7) is 2.34. The summed E-state index contributed by atoms with van der Waals surface area (Å²) in [6.07, 6.45) is 0.753. The van der Waals surface area contributed by atoms with Crippen molar-refractivity contribution < 1.29 is 37.0 Å². The van der Waals surface area contributed by atoms with Crippen molar-refractivity contribution in [1.29, 1.82) is 0 Å². The Balaban J connectivity index is 1.61. The topological polar surface area (TPSA) is 72.9 Å². The number of halogens is 3. The zero-order valence-corrected chi connectivity index (χ0v) is 17.8. The Bertz CT molecular complexity index is 1180. The molecule has 1 amide bonds. The van der Waals surface area contributed by atoms with Crippen molar-refractivity contribution in [1.82, 2.24) is 4.90 Å². The summed E-state index contributed by atoms with van der Waals surface area (Å²) in [4.78, 5) is 38.7. The van der Waals surface area contributed by atoms with E-state index in [1.807, 2.05) is 0 Å². The second-order valence-corrected chi connectivity index (χ2v) is 8.77. The number of rotatable bonds is 1. The first-order valence-corrected chi connectivity index (χ1v) is 10.7. The van der Waals surface area contributed by atoms with Crippen molar-refractivity contribution in [3.05, 3.63) is 58.4 Å². The van der Waals surface area contributed by atoms with Crippen molar-refractivity contribution in [3.8, 4) is 11.5 Å². The molecule has 1 saturated heterocycles. The van der Waals surface area contributed by atoms with E-state index in [0.717, 1.165) is 12.1 Å². The number of ketones is 1. The lowest BCUT2D eigenvalue weighted by Crippen LogP contribution is -2.52. The summed E-state index contributed by atoms with van der Waals surface area (Å²) in [5, 5.41) is 0. The lowest BCUT2D eigenvalue weighted by atomic mass is 9.79. The van der Waals surface area contributed by atoms with Crippen molar-refractivity contribution >= 4 is 17.7 Å². The van der Waals surface area contributed by atoms with E-state index >= 15 is 0 Å². The Labute approximate surface area is 187 Å². The van der Waals surface area contributed by atoms with Gasteiger partial charge in [-0.2, -0.15) is 0 Å². The van der Waals surface area contributed by atoms with E-state index in [9.17, 15) is 27.6 Å². The maximum absolute atomic E-state index is 14.0. The number of esters is 1. The second kappa shape index (κ2) is 7.60. The second-order valence-electron chi connectivity index (χ2n) is 8.77. The van der Waals surface area contributed by atoms with Gasteiger partial charge in [0.2, 0.25) is 5.91 Å². The average molecular weight is 459 g/mol. The largest absolute Gasteiger partial charge is 0.485 e. The van der Waals surface area contributed by atoms with Crippen LogP contribution in [0.2, 0.25) is 0 Å². The molecule has 2 aromatic rings. The third kappa shape index (κ3) is 3.55. The number of hydrogen-bond acceptors (Lipinski definition) is 5. The van der Waals surface area contributed by atoms with Gasteiger partial charge in [0.15, 0.2) is 23.2 Å². The molecule has 1 spiro atoms. The summed E-state index contributed by atoms with van der Waals surface area (Å²) in [7, 11) is 0. The zero-order valence-electron chi connectivity index (χ0n) is 17.8. The van der Waals surface area contributed by atoms with Gasteiger partial charge in [0.25, 0.3) is 0 Å². The fraction of sp³-hybridized carbons (Fsp3) is 0.375. The number of Topliss-reactive ketones (excluding diaryl/α,β-unsaturated/α-hetero) is 1. The maximum Gasteiger partial charge on any atom is 0.312 e. The van der Waals surface area contributed by atoms with Crippen LogP contribution in [0.3, 0.4) is 0 Å². The number of ether oxygens (including phenoxy) is 2. The third-order valence-electron chi connectivity index (χ3n) is 6.73. The normalized spacial score (nSPS) is 21.2. The molecule has 2 aromatic carbocycles. The Morgan fingerprint density at radius 1 is 1.09 bits per heavy atom. The van der Waals surface area contributed by atoms with Crippen LogP contribution in [0.4, 0.5) is 13.2 Å². The highest BCUT2D eigenvalue weighted by molar-refractivity contribution is 6.01. The number of likely N-dealkylation sites (tertiary alicyclic amines) is 1. The summed E-state index contributed by atoms with van der Waals surface area (Å²) < 4.78 is 53.3. The highest BCUT2D eigenvalue weighted by Gasteiger charge is 2.46. The summed E-state index contributed by atoms with van der Waals surface area (Å²) in [5.41, 5.74) is -0.172. The molecule has 9 heteroatoms. The van der Waals surface area contributed by atoms with Gasteiger partial charge in [-0.15, -0.1) is 0 Å². The molecule has 0 N–H and O–H groups in total. The highest BCUT2D eigenvalue weighted by atomic mass is 19.2. The van der Waals surface area contributed by atoms with Crippen LogP contribution in [0.1, 0.15) is 60.0 Å². The SMILES string of the molecule is CC(=O)N1CCC2(CC1)CC(=O)c1ccc3c(c1O2)[C@H](c1cc(F)c(F)c(F)c1)CC(=O)O3. The lowest BCUT2D eigenvalue weighted by molar-refractivity contribution is -0.135. The minimum atomic E-state index is -1.60. The third-order valence-corrected chi connectivity index (χ3v) is 6.73. The Kier molecular flexibility index (Phi) is 4.95. The zero-order chi connectivity index (χ0) is 23.5. The smallest absolute Gasteiger partial charge is 0.312 e. The molecule has 1 fully saturated rings. The first-order valence-electron chi connectivity index (χ1n) is 10.7. The van der Waals surface area contributed by atoms with Crippen LogP contribution in [0.25, 0.3) is 0 Å². The molecule has 6 nitrogen and oxygen atoms in total. The van der Waals surface area contributed by atoms with E-state index in [4.69, 9.17) is 9.47 Å². The van der Waals surface area contributed by atoms with Gasteiger partial charge in [0, 0.05) is 44.3 Å². The van der Waals surface area contributed by atoms with E-state index in [1.165, 1.54) is 19.1 Å². The van der Waals surface area contributed by atoms with Gasteiger partial charge in [0.05, 0.1) is 18.4 Å². The van der Waals surface area contributed by atoms with Gasteiger partial charge in [-0.05, 0) is 29.8 Å². The first kappa shape index (κ1) is 21.5. The molecule has 0 unspecified atom stereocenters. The Morgan fingerprint density at radius 2 is 1.76 bits per heavy atom. The lowest BCUT2D eigenvalue weighted by Gasteiger charge is -2.45. The van der Waals surface area contributed by atoms with E-state index in [1.54, 1.807) is 4.90 Å². The van der Waals surface area contributed by atoms with Gasteiger partial charge in [-0.1, -0.05) is 0 Å². The number of piperidine rings is 1. The molecule has 3 aliphatic rings. The molecule has 0 saturated carbocycles. The number of fused-ring (bicyclic) bond motifs is 3. The molecule has 0 bridgehead atoms. The molecule has 3 aliphatic heterocycles. The molecule has 5 rings (SSSR count). The van der Waals surface area contributed by atoms with Crippen molar-refractivity contribution in [2.24, 2.45) is 0 Å². The molecule has 0 aromatic heterocycles. The van der Waals surface area contributed by atoms with Crippen LogP contribution in [-0.4, -0.2) is 41.3 Å². The maximum atomic E-state index is 14.0. The number of hydrogen-bond donors (Lipinski definition) is 0. The summed E-state index contributed by atoms with van der Waals surface area (Å²) in [6, 6.07) is 4.66. The predicted molar refractivity (Wildman–Crippen MR) is 109 cm³/mol. The molecule has 172 valence electrons. The number of amides is 1. The van der Waals surface area contributed by atoms with Crippen molar-refractivity contribution in [2.75, 3.05) is 13.1 Å². The molecule has 1 atom stereocenters. The average Bonchev–Trinajstić information content (AvgIpc) is 2.76. The first-order chi connectivity index (χ1) is 15.7. The fourth-order valence-electron chi connectivity index (χ4n) is 4.97. The van der Waals surface area contributed by atoms with E-state index in [-0.39, 0.29) is 41.6 Å². The van der Waals surface area contributed by atoms with Gasteiger partial charge >= 0.3 is 5.97 Å². The number of carbonyl (C=O) groups excluding carboxylic acids is 3. The summed E-state index contributed by atoms with van der Waals surface area (Å²) in [5.74, 6) is -5.74. The predicted octanol–water partition coefficient (Wildman–Crippen LogP) is 3.89. The van der Waals surface area contributed by atoms with Crippen LogP contribution in [0.15, 0.2) is 24.3 Å². The van der Waals surface area contributed by atoms with Crippen molar-refractivity contribution in [2.45, 2.75) is 44.1 Å².